The van der Waals surface area contributed by atoms with Crippen molar-refractivity contribution in [3.8, 4) is 11.5 Å². The Morgan fingerprint density at radius 1 is 1.04 bits per heavy atom. The van der Waals surface area contributed by atoms with Gasteiger partial charge in [0.1, 0.15) is 5.57 Å². The number of fused-ring (bicyclic) bond motifs is 1. The number of barbiturate groups is 1. The van der Waals surface area contributed by atoms with Gasteiger partial charge < -0.3 is 9.47 Å². The number of ether oxygens (including phenoxy) is 2. The molecule has 0 atom stereocenters. The van der Waals surface area contributed by atoms with E-state index in [9.17, 15) is 14.4 Å². The van der Waals surface area contributed by atoms with Crippen molar-refractivity contribution in [1.82, 2.24) is 10.2 Å². The number of likely N-dealkylation sites (N-methyl/N-ethyl adjacent to an activating group) is 1. The number of benzene rings is 1. The number of amides is 4. The molecule has 7 heteroatoms. The highest BCUT2D eigenvalue weighted by atomic mass is 16.5. The Balaban J connectivity index is 2.16. The second-order valence-electron chi connectivity index (χ2n) is 5.34. The van der Waals surface area contributed by atoms with Crippen LogP contribution in [0, 0.1) is 0 Å². The number of rotatable bonds is 2. The minimum absolute atomic E-state index is 0.0121. The number of nitrogens with zero attached hydrogens (tertiary/aromatic N) is 1. The van der Waals surface area contributed by atoms with Crippen molar-refractivity contribution in [2.24, 2.45) is 0 Å². The number of imide groups is 2. The number of hydrogen-bond acceptors (Lipinski definition) is 5. The highest BCUT2D eigenvalue weighted by Crippen LogP contribution is 2.41. The van der Waals surface area contributed by atoms with Gasteiger partial charge in [-0.05, 0) is 41.7 Å². The minimum atomic E-state index is -0.713. The largest absolute Gasteiger partial charge is 0.493 e. The zero-order chi connectivity index (χ0) is 16.7. The van der Waals surface area contributed by atoms with Crippen molar-refractivity contribution in [3.05, 3.63) is 28.8 Å². The van der Waals surface area contributed by atoms with Crippen molar-refractivity contribution in [2.75, 3.05) is 21.3 Å². The van der Waals surface area contributed by atoms with E-state index in [1.807, 2.05) is 6.07 Å². The molecular weight excluding hydrogens is 300 g/mol. The number of aryl methyl sites for hydroxylation is 1. The maximum Gasteiger partial charge on any atom is 0.331 e. The fourth-order valence-electron chi connectivity index (χ4n) is 2.93. The molecule has 1 aliphatic carbocycles. The molecule has 120 valence electrons. The first kappa shape index (κ1) is 15.1. The van der Waals surface area contributed by atoms with Gasteiger partial charge in [0.05, 0.1) is 14.2 Å². The van der Waals surface area contributed by atoms with Gasteiger partial charge in [-0.1, -0.05) is 0 Å². The van der Waals surface area contributed by atoms with Crippen molar-refractivity contribution in [1.29, 1.82) is 0 Å². The van der Waals surface area contributed by atoms with E-state index in [2.05, 4.69) is 5.32 Å². The summed E-state index contributed by atoms with van der Waals surface area (Å²) < 4.78 is 10.6. The molecule has 7 nitrogen and oxygen atoms in total. The summed E-state index contributed by atoms with van der Waals surface area (Å²) >= 11 is 0. The second kappa shape index (κ2) is 5.42. The summed E-state index contributed by atoms with van der Waals surface area (Å²) in [4.78, 5) is 36.9. The third-order valence-electron chi connectivity index (χ3n) is 4.15. The van der Waals surface area contributed by atoms with E-state index < -0.39 is 17.8 Å². The van der Waals surface area contributed by atoms with Crippen molar-refractivity contribution in [2.45, 2.75) is 12.8 Å². The molecule has 1 aliphatic heterocycles. The molecule has 23 heavy (non-hydrogen) atoms. The number of allylic oxidation sites excluding steroid dienone is 1. The van der Waals surface area contributed by atoms with Crippen LogP contribution in [0.15, 0.2) is 17.7 Å². The average molecular weight is 316 g/mol. The molecule has 1 N–H and O–H groups in total. The summed E-state index contributed by atoms with van der Waals surface area (Å²) in [5.74, 6) is -0.115. The van der Waals surface area contributed by atoms with E-state index in [1.54, 1.807) is 13.2 Å². The lowest BCUT2D eigenvalue weighted by Gasteiger charge is -2.24. The standard InChI is InChI=1S/C16H16N2O5/c1-18-15(20)13(14(19)17-16(18)21)9-5-4-8-6-11(22-2)12(23-3)7-10(8)9/h6-7H,4-5H2,1-3H3,(H,17,19,21)/b13-9+. The SMILES string of the molecule is COc1cc2c(cc1OC)/C(=C1\C(=O)NC(=O)N(C)C1=O)CC2. The average Bonchev–Trinajstić information content (AvgIpc) is 2.94. The number of hydrogen-bond donors (Lipinski definition) is 1. The van der Waals surface area contributed by atoms with E-state index in [0.717, 1.165) is 16.0 Å². The smallest absolute Gasteiger partial charge is 0.331 e. The third kappa shape index (κ3) is 2.25. The van der Waals surface area contributed by atoms with Crippen LogP contribution >= 0.6 is 0 Å². The number of nitrogens with one attached hydrogen (secondary N) is 1. The first-order chi connectivity index (χ1) is 11.0. The second-order valence-corrected chi connectivity index (χ2v) is 5.34. The summed E-state index contributed by atoms with van der Waals surface area (Å²) in [6, 6.07) is 2.90. The van der Waals surface area contributed by atoms with Gasteiger partial charge in [-0.25, -0.2) is 4.79 Å². The predicted molar refractivity (Wildman–Crippen MR) is 81.1 cm³/mol. The molecule has 1 aromatic rings. The van der Waals surface area contributed by atoms with E-state index in [0.29, 0.717) is 29.9 Å². The summed E-state index contributed by atoms with van der Waals surface area (Å²) in [6.07, 6.45) is 1.23. The maximum atomic E-state index is 12.4. The summed E-state index contributed by atoms with van der Waals surface area (Å²) in [5, 5.41) is 2.18. The summed E-state index contributed by atoms with van der Waals surface area (Å²) in [7, 11) is 4.42. The summed E-state index contributed by atoms with van der Waals surface area (Å²) in [5.41, 5.74) is 2.40. The molecule has 0 unspecified atom stereocenters. The quantitative estimate of drug-likeness (QED) is 0.652. The first-order valence-electron chi connectivity index (χ1n) is 7.09. The molecule has 0 saturated carbocycles. The van der Waals surface area contributed by atoms with Crippen molar-refractivity contribution >= 4 is 23.4 Å². The topological polar surface area (TPSA) is 84.9 Å². The Hall–Kier alpha value is -2.83. The van der Waals surface area contributed by atoms with Crippen LogP contribution in [-0.4, -0.2) is 44.0 Å². The fraction of sp³-hybridized carbons (Fsp3) is 0.312. The van der Waals surface area contributed by atoms with Crippen molar-refractivity contribution < 1.29 is 23.9 Å². The Bertz CT molecular complexity index is 766. The van der Waals surface area contributed by atoms with E-state index in [1.165, 1.54) is 14.2 Å². The lowest BCUT2D eigenvalue weighted by molar-refractivity contribution is -0.129. The molecule has 1 fully saturated rings. The van der Waals surface area contributed by atoms with Crippen LogP contribution in [0.25, 0.3) is 5.57 Å². The van der Waals surface area contributed by atoms with Crippen LogP contribution in [0.5, 0.6) is 11.5 Å². The zero-order valence-electron chi connectivity index (χ0n) is 13.1. The number of carbonyl (C=O) groups is 3. The molecule has 0 bridgehead atoms. The molecule has 0 aromatic heterocycles. The van der Waals surface area contributed by atoms with Gasteiger partial charge in [-0.15, -0.1) is 0 Å². The number of methoxy groups -OCH3 is 2. The lowest BCUT2D eigenvalue weighted by atomic mass is 9.98. The predicted octanol–water partition coefficient (Wildman–Crippen LogP) is 1.11. The molecule has 1 aromatic carbocycles. The third-order valence-corrected chi connectivity index (χ3v) is 4.15. The normalized spacial score (nSPS) is 20.5. The van der Waals surface area contributed by atoms with Gasteiger partial charge in [0, 0.05) is 7.05 Å². The highest BCUT2D eigenvalue weighted by Gasteiger charge is 2.37. The van der Waals surface area contributed by atoms with Crippen LogP contribution in [0.4, 0.5) is 4.79 Å². The van der Waals surface area contributed by atoms with E-state index in [4.69, 9.17) is 9.47 Å². The van der Waals surface area contributed by atoms with Gasteiger partial charge in [0.25, 0.3) is 11.8 Å². The van der Waals surface area contributed by atoms with Gasteiger partial charge in [0.2, 0.25) is 0 Å². The maximum absolute atomic E-state index is 12.4. The monoisotopic (exact) mass is 316 g/mol. The van der Waals surface area contributed by atoms with E-state index in [-0.39, 0.29) is 5.57 Å². The Kier molecular flexibility index (Phi) is 3.55. The minimum Gasteiger partial charge on any atom is -0.493 e. The van der Waals surface area contributed by atoms with Crippen LogP contribution in [0.3, 0.4) is 0 Å². The molecule has 4 amide bonds. The Morgan fingerprint density at radius 3 is 2.35 bits per heavy atom. The van der Waals surface area contributed by atoms with Crippen molar-refractivity contribution in [3.63, 3.8) is 0 Å². The lowest BCUT2D eigenvalue weighted by Crippen LogP contribution is -2.52. The molecule has 1 heterocycles. The highest BCUT2D eigenvalue weighted by molar-refractivity contribution is 6.32. The van der Waals surface area contributed by atoms with Crippen LogP contribution < -0.4 is 14.8 Å². The molecule has 1 saturated heterocycles. The van der Waals surface area contributed by atoms with Gasteiger partial charge in [-0.2, -0.15) is 0 Å². The van der Waals surface area contributed by atoms with E-state index >= 15 is 0 Å². The number of carbonyl (C=O) groups excluding carboxylic acids is 3. The fourth-order valence-corrected chi connectivity index (χ4v) is 2.93. The van der Waals surface area contributed by atoms with Crippen LogP contribution in [0.1, 0.15) is 17.5 Å². The molecule has 3 rings (SSSR count). The molecule has 2 aliphatic rings. The number of urea groups is 1. The summed E-state index contributed by atoms with van der Waals surface area (Å²) in [6.45, 7) is 0. The van der Waals surface area contributed by atoms with Gasteiger partial charge in [0.15, 0.2) is 11.5 Å². The van der Waals surface area contributed by atoms with Crippen LogP contribution in [-0.2, 0) is 16.0 Å². The molecule has 0 radical (unpaired) electrons. The first-order valence-corrected chi connectivity index (χ1v) is 7.09. The molecule has 0 spiro atoms. The van der Waals surface area contributed by atoms with Gasteiger partial charge >= 0.3 is 6.03 Å². The van der Waals surface area contributed by atoms with Crippen LogP contribution in [0.2, 0.25) is 0 Å². The molecular formula is C16H16N2O5. The Morgan fingerprint density at radius 2 is 1.70 bits per heavy atom. The van der Waals surface area contributed by atoms with Gasteiger partial charge in [-0.3, -0.25) is 19.8 Å². The Labute approximate surface area is 132 Å². The zero-order valence-corrected chi connectivity index (χ0v) is 13.1.